The second-order valence-electron chi connectivity index (χ2n) is 3.42. The van der Waals surface area contributed by atoms with Crippen LogP contribution in [0, 0.1) is 0 Å². The number of benzene rings is 1. The Morgan fingerprint density at radius 2 is 1.88 bits per heavy atom. The topological polar surface area (TPSA) is 80.5 Å². The van der Waals surface area contributed by atoms with Crippen molar-refractivity contribution in [2.75, 3.05) is 5.73 Å². The summed E-state index contributed by atoms with van der Waals surface area (Å²) in [5.74, 6) is 0.495. The van der Waals surface area contributed by atoms with Gasteiger partial charge in [-0.3, -0.25) is 5.10 Å². The first-order valence-electron chi connectivity index (χ1n) is 4.86. The van der Waals surface area contributed by atoms with E-state index < -0.39 is 0 Å². The molecule has 2 aromatic heterocycles. The number of rotatable bonds is 1. The second kappa shape index (κ2) is 3.30. The van der Waals surface area contributed by atoms with Crippen LogP contribution in [0.25, 0.3) is 22.3 Å². The molecule has 0 atom stereocenters. The zero-order valence-corrected chi connectivity index (χ0v) is 8.38. The number of aromatic nitrogens is 4. The number of H-pyrrole nitrogens is 1. The Bertz CT molecular complexity index is 629. The van der Waals surface area contributed by atoms with Gasteiger partial charge in [0.25, 0.3) is 0 Å². The number of nitrogens with two attached hydrogens (primary N) is 1. The molecule has 0 aliphatic rings. The Balaban J connectivity index is 2.36. The molecule has 0 saturated heterocycles. The maximum Gasteiger partial charge on any atom is 0.186 e. The fourth-order valence-corrected chi connectivity index (χ4v) is 1.69. The van der Waals surface area contributed by atoms with E-state index in [2.05, 4.69) is 20.2 Å². The van der Waals surface area contributed by atoms with Gasteiger partial charge in [-0.1, -0.05) is 30.3 Å². The third-order valence-corrected chi connectivity index (χ3v) is 2.43. The van der Waals surface area contributed by atoms with Crippen molar-refractivity contribution in [3.63, 3.8) is 0 Å². The molecule has 5 nitrogen and oxygen atoms in total. The van der Waals surface area contributed by atoms with Crippen molar-refractivity contribution >= 4 is 16.9 Å². The van der Waals surface area contributed by atoms with E-state index in [1.165, 1.54) is 6.33 Å². The molecule has 0 spiro atoms. The van der Waals surface area contributed by atoms with Gasteiger partial charge < -0.3 is 5.73 Å². The molecule has 3 rings (SSSR count). The maximum absolute atomic E-state index is 5.82. The Morgan fingerprint density at radius 1 is 1.06 bits per heavy atom. The predicted octanol–water partition coefficient (Wildman–Crippen LogP) is 1.60. The molecule has 5 heteroatoms. The number of anilines is 1. The van der Waals surface area contributed by atoms with Gasteiger partial charge in [-0.15, -0.1) is 0 Å². The van der Waals surface area contributed by atoms with Gasteiger partial charge >= 0.3 is 0 Å². The van der Waals surface area contributed by atoms with Crippen molar-refractivity contribution in [1.29, 1.82) is 0 Å². The molecule has 0 unspecified atom stereocenters. The van der Waals surface area contributed by atoms with E-state index in [4.69, 9.17) is 5.73 Å². The highest BCUT2D eigenvalue weighted by Gasteiger charge is 2.11. The molecular weight excluding hydrogens is 202 g/mol. The van der Waals surface area contributed by atoms with Gasteiger partial charge in [0.1, 0.15) is 12.1 Å². The molecular formula is C11H9N5. The van der Waals surface area contributed by atoms with E-state index in [-0.39, 0.29) is 0 Å². The van der Waals surface area contributed by atoms with Crippen molar-refractivity contribution in [2.45, 2.75) is 0 Å². The summed E-state index contributed by atoms with van der Waals surface area (Å²) in [6.07, 6.45) is 1.49. The average molecular weight is 211 g/mol. The van der Waals surface area contributed by atoms with Gasteiger partial charge in [-0.2, -0.15) is 5.10 Å². The van der Waals surface area contributed by atoms with Gasteiger partial charge in [0.15, 0.2) is 5.65 Å². The fraction of sp³-hybridized carbons (Fsp3) is 0. The number of fused-ring (bicyclic) bond motifs is 1. The lowest BCUT2D eigenvalue weighted by molar-refractivity contribution is 1.09. The van der Waals surface area contributed by atoms with E-state index in [0.29, 0.717) is 11.5 Å². The number of hydrogen-bond acceptors (Lipinski definition) is 4. The minimum absolute atomic E-state index is 0.495. The van der Waals surface area contributed by atoms with Gasteiger partial charge in [0.05, 0.1) is 11.1 Å². The Hall–Kier alpha value is -2.43. The number of aromatic amines is 1. The van der Waals surface area contributed by atoms with Gasteiger partial charge in [-0.25, -0.2) is 9.97 Å². The first kappa shape index (κ1) is 8.84. The van der Waals surface area contributed by atoms with Crippen LogP contribution >= 0.6 is 0 Å². The normalized spacial score (nSPS) is 10.8. The molecule has 0 aliphatic heterocycles. The van der Waals surface area contributed by atoms with Crippen molar-refractivity contribution in [1.82, 2.24) is 20.2 Å². The highest BCUT2D eigenvalue weighted by Crippen LogP contribution is 2.27. The lowest BCUT2D eigenvalue weighted by Crippen LogP contribution is -1.90. The first-order chi connectivity index (χ1) is 7.86. The molecule has 78 valence electrons. The molecule has 0 bridgehead atoms. The lowest BCUT2D eigenvalue weighted by Gasteiger charge is -2.01. The average Bonchev–Trinajstić information content (AvgIpc) is 2.73. The van der Waals surface area contributed by atoms with E-state index in [0.717, 1.165) is 16.6 Å². The number of nitrogens with zero attached hydrogens (tertiary/aromatic N) is 3. The summed E-state index contributed by atoms with van der Waals surface area (Å²) in [7, 11) is 0. The molecule has 0 amide bonds. The second-order valence-corrected chi connectivity index (χ2v) is 3.42. The standard InChI is InChI=1S/C11H9N5/c12-10-8-9(7-4-2-1-3-5-7)13-6-14-11(8)16-15-10/h1-6H,(H3,12,13,14,15,16). The molecule has 0 radical (unpaired) electrons. The Kier molecular flexibility index (Phi) is 1.83. The minimum atomic E-state index is 0.495. The molecule has 3 aromatic rings. The van der Waals surface area contributed by atoms with E-state index in [9.17, 15) is 0 Å². The molecule has 3 N–H and O–H groups in total. The summed E-state index contributed by atoms with van der Waals surface area (Å²) in [5, 5.41) is 7.49. The molecule has 16 heavy (non-hydrogen) atoms. The van der Waals surface area contributed by atoms with Crippen LogP contribution in [-0.2, 0) is 0 Å². The van der Waals surface area contributed by atoms with Crippen molar-refractivity contribution in [2.24, 2.45) is 0 Å². The third-order valence-electron chi connectivity index (χ3n) is 2.43. The minimum Gasteiger partial charge on any atom is -0.383 e. The quantitative estimate of drug-likeness (QED) is 0.640. The zero-order valence-electron chi connectivity index (χ0n) is 8.38. The van der Waals surface area contributed by atoms with Crippen molar-refractivity contribution in [3.05, 3.63) is 36.7 Å². The number of nitrogens with one attached hydrogen (secondary N) is 1. The molecule has 0 fully saturated rings. The van der Waals surface area contributed by atoms with E-state index in [1.807, 2.05) is 30.3 Å². The van der Waals surface area contributed by atoms with Crippen LogP contribution in [0.1, 0.15) is 0 Å². The largest absolute Gasteiger partial charge is 0.383 e. The molecule has 0 aliphatic carbocycles. The van der Waals surface area contributed by atoms with Crippen molar-refractivity contribution < 1.29 is 0 Å². The van der Waals surface area contributed by atoms with Crippen LogP contribution in [0.2, 0.25) is 0 Å². The Morgan fingerprint density at radius 3 is 2.69 bits per heavy atom. The van der Waals surface area contributed by atoms with Crippen LogP contribution in [0.15, 0.2) is 36.7 Å². The molecule has 2 heterocycles. The summed E-state index contributed by atoms with van der Waals surface area (Å²) >= 11 is 0. The van der Waals surface area contributed by atoms with Crippen LogP contribution in [0.4, 0.5) is 5.82 Å². The summed E-state index contributed by atoms with van der Waals surface area (Å²) in [4.78, 5) is 8.31. The highest BCUT2D eigenvalue weighted by atomic mass is 15.2. The van der Waals surface area contributed by atoms with Crippen LogP contribution in [0.3, 0.4) is 0 Å². The summed E-state index contributed by atoms with van der Waals surface area (Å²) < 4.78 is 0. The third kappa shape index (κ3) is 1.22. The predicted molar refractivity (Wildman–Crippen MR) is 61.5 cm³/mol. The van der Waals surface area contributed by atoms with E-state index >= 15 is 0 Å². The first-order valence-corrected chi connectivity index (χ1v) is 4.86. The highest BCUT2D eigenvalue weighted by molar-refractivity contribution is 5.97. The summed E-state index contributed by atoms with van der Waals surface area (Å²) in [6, 6.07) is 9.84. The summed E-state index contributed by atoms with van der Waals surface area (Å²) in [5.41, 5.74) is 8.21. The molecule has 1 aromatic carbocycles. The van der Waals surface area contributed by atoms with E-state index in [1.54, 1.807) is 0 Å². The smallest absolute Gasteiger partial charge is 0.186 e. The Labute approximate surface area is 91.3 Å². The lowest BCUT2D eigenvalue weighted by atomic mass is 10.1. The van der Waals surface area contributed by atoms with Gasteiger partial charge in [0.2, 0.25) is 0 Å². The SMILES string of the molecule is Nc1[nH]nc2ncnc(-c3ccccc3)c12. The number of hydrogen-bond donors (Lipinski definition) is 2. The fourth-order valence-electron chi connectivity index (χ4n) is 1.69. The van der Waals surface area contributed by atoms with Gasteiger partial charge in [-0.05, 0) is 0 Å². The number of nitrogen functional groups attached to an aromatic ring is 1. The zero-order chi connectivity index (χ0) is 11.0. The maximum atomic E-state index is 5.82. The monoisotopic (exact) mass is 211 g/mol. The van der Waals surface area contributed by atoms with Crippen molar-refractivity contribution in [3.8, 4) is 11.3 Å². The van der Waals surface area contributed by atoms with Gasteiger partial charge in [0, 0.05) is 5.56 Å². The molecule has 0 saturated carbocycles. The van der Waals surface area contributed by atoms with Crippen LogP contribution in [-0.4, -0.2) is 20.2 Å². The van der Waals surface area contributed by atoms with Crippen LogP contribution < -0.4 is 5.73 Å². The van der Waals surface area contributed by atoms with Crippen LogP contribution in [0.5, 0.6) is 0 Å². The summed E-state index contributed by atoms with van der Waals surface area (Å²) in [6.45, 7) is 0.